The van der Waals surface area contributed by atoms with Gasteiger partial charge in [-0.25, -0.2) is 0 Å². The minimum Gasteiger partial charge on any atom is -0.484 e. The Hall–Kier alpha value is -2.65. The van der Waals surface area contributed by atoms with E-state index in [1.165, 1.54) is 12.3 Å². The van der Waals surface area contributed by atoms with Crippen LogP contribution in [0.3, 0.4) is 0 Å². The molecule has 7 nitrogen and oxygen atoms in total. The molecule has 0 bridgehead atoms. The van der Waals surface area contributed by atoms with E-state index in [1.54, 1.807) is 13.8 Å². The number of nitrogens with zero attached hydrogens (tertiary/aromatic N) is 3. The van der Waals surface area contributed by atoms with Crippen molar-refractivity contribution in [3.05, 3.63) is 35.3 Å². The highest BCUT2D eigenvalue weighted by atomic mass is 19.4. The Bertz CT molecular complexity index is 938. The first-order chi connectivity index (χ1) is 14.1. The summed E-state index contributed by atoms with van der Waals surface area (Å²) in [7, 11) is 0. The molecule has 1 atom stereocenters. The second-order valence-corrected chi connectivity index (χ2v) is 8.35. The molecule has 2 aliphatic carbocycles. The van der Waals surface area contributed by atoms with E-state index in [4.69, 9.17) is 9.15 Å². The van der Waals surface area contributed by atoms with Crippen LogP contribution in [0.2, 0.25) is 0 Å². The monoisotopic (exact) mass is 424 g/mol. The molecule has 2 heterocycles. The van der Waals surface area contributed by atoms with Crippen molar-refractivity contribution in [2.24, 2.45) is 5.92 Å². The van der Waals surface area contributed by atoms with Crippen LogP contribution in [0, 0.1) is 12.8 Å². The number of nitrogens with one attached hydrogen (secondary N) is 1. The zero-order valence-corrected chi connectivity index (χ0v) is 16.8. The molecule has 4 rings (SSSR count). The van der Waals surface area contributed by atoms with Gasteiger partial charge < -0.3 is 14.5 Å². The summed E-state index contributed by atoms with van der Waals surface area (Å²) in [6, 6.07) is 1.28. The fraction of sp³-hybridized carbons (Fsp3) is 0.600. The molecule has 1 N–H and O–H groups in total. The molecule has 0 saturated heterocycles. The second-order valence-electron chi connectivity index (χ2n) is 8.35. The SMILES string of the molecule is Cc1nnc([C@](C)(CC2CC2)NC(=O)c2cc(OCC(F)(F)F)c(C3CC3)cn2)o1. The maximum atomic E-state index is 13.0. The predicted octanol–water partition coefficient (Wildman–Crippen LogP) is 4.04. The number of aryl methyl sites for hydroxylation is 1. The number of rotatable bonds is 8. The average Bonchev–Trinajstić information content (AvgIpc) is 3.59. The number of ether oxygens (including phenoxy) is 1. The predicted molar refractivity (Wildman–Crippen MR) is 99.0 cm³/mol. The number of hydrogen-bond acceptors (Lipinski definition) is 6. The number of carbonyl (C=O) groups is 1. The van der Waals surface area contributed by atoms with Gasteiger partial charge >= 0.3 is 6.18 Å². The van der Waals surface area contributed by atoms with E-state index in [1.807, 2.05) is 0 Å². The lowest BCUT2D eigenvalue weighted by atomic mass is 9.94. The lowest BCUT2D eigenvalue weighted by molar-refractivity contribution is -0.153. The van der Waals surface area contributed by atoms with Crippen LogP contribution in [0.5, 0.6) is 5.75 Å². The Morgan fingerprint density at radius 1 is 1.27 bits per heavy atom. The van der Waals surface area contributed by atoms with Crippen molar-refractivity contribution in [1.29, 1.82) is 0 Å². The van der Waals surface area contributed by atoms with Crippen LogP contribution in [0.15, 0.2) is 16.7 Å². The molecular weight excluding hydrogens is 401 g/mol. The maximum absolute atomic E-state index is 13.0. The van der Waals surface area contributed by atoms with Gasteiger partial charge in [-0.3, -0.25) is 9.78 Å². The van der Waals surface area contributed by atoms with Gasteiger partial charge in [-0.15, -0.1) is 10.2 Å². The highest BCUT2D eigenvalue weighted by Crippen LogP contribution is 2.44. The minimum atomic E-state index is -4.47. The zero-order valence-electron chi connectivity index (χ0n) is 16.8. The van der Waals surface area contributed by atoms with Gasteiger partial charge in [0, 0.05) is 24.8 Å². The van der Waals surface area contributed by atoms with E-state index < -0.39 is 24.2 Å². The molecule has 2 aromatic heterocycles. The van der Waals surface area contributed by atoms with Crippen LogP contribution in [0.25, 0.3) is 0 Å². The first-order valence-electron chi connectivity index (χ1n) is 9.95. The van der Waals surface area contributed by atoms with E-state index in [-0.39, 0.29) is 17.4 Å². The smallest absolute Gasteiger partial charge is 0.422 e. The van der Waals surface area contributed by atoms with Crippen LogP contribution in [0.4, 0.5) is 13.2 Å². The van der Waals surface area contributed by atoms with Crippen molar-refractivity contribution >= 4 is 5.91 Å². The number of halogens is 3. The third-order valence-corrected chi connectivity index (χ3v) is 5.32. The summed E-state index contributed by atoms with van der Waals surface area (Å²) in [6.45, 7) is 2.05. The summed E-state index contributed by atoms with van der Waals surface area (Å²) in [6.07, 6.45) is 1.44. The van der Waals surface area contributed by atoms with Crippen molar-refractivity contribution < 1.29 is 27.1 Å². The summed E-state index contributed by atoms with van der Waals surface area (Å²) in [4.78, 5) is 17.1. The number of amides is 1. The van der Waals surface area contributed by atoms with Gasteiger partial charge in [0.15, 0.2) is 6.61 Å². The highest BCUT2D eigenvalue weighted by Gasteiger charge is 2.40. The van der Waals surface area contributed by atoms with Gasteiger partial charge in [0.2, 0.25) is 11.8 Å². The summed E-state index contributed by atoms with van der Waals surface area (Å²) < 4.78 is 48.5. The molecule has 1 amide bonds. The fourth-order valence-electron chi connectivity index (χ4n) is 3.48. The first kappa shape index (κ1) is 20.6. The lowest BCUT2D eigenvalue weighted by Crippen LogP contribution is -2.44. The molecule has 2 aromatic rings. The molecule has 10 heteroatoms. The third-order valence-electron chi connectivity index (χ3n) is 5.32. The standard InChI is InChI=1S/C20H23F3N4O3/c1-11-26-27-18(30-11)19(2,8-12-3-4-12)25-17(28)15-7-16(29-10-20(21,22)23)14(9-24-15)13-5-6-13/h7,9,12-13H,3-6,8,10H2,1-2H3,(H,25,28)/t19-/m0/s1. The number of carbonyl (C=O) groups excluding carboxylic acids is 1. The van der Waals surface area contributed by atoms with Crippen LogP contribution >= 0.6 is 0 Å². The molecule has 0 unspecified atom stereocenters. The van der Waals surface area contributed by atoms with Crippen molar-refractivity contribution in [3.8, 4) is 5.75 Å². The topological polar surface area (TPSA) is 90.1 Å². The normalized spacial score (nSPS) is 18.7. The number of alkyl halides is 3. The Morgan fingerprint density at radius 3 is 2.57 bits per heavy atom. The molecule has 30 heavy (non-hydrogen) atoms. The van der Waals surface area contributed by atoms with E-state index in [0.29, 0.717) is 29.7 Å². The summed E-state index contributed by atoms with van der Waals surface area (Å²) in [5.74, 6) is 0.762. The largest absolute Gasteiger partial charge is 0.484 e. The van der Waals surface area contributed by atoms with Crippen LogP contribution < -0.4 is 10.1 Å². The molecule has 0 aliphatic heterocycles. The molecular formula is C20H23F3N4O3. The summed E-state index contributed by atoms with van der Waals surface area (Å²) in [5, 5.41) is 10.8. The molecule has 0 radical (unpaired) electrons. The van der Waals surface area contributed by atoms with Crippen molar-refractivity contribution in [2.75, 3.05) is 6.61 Å². The number of pyridine rings is 1. The number of aromatic nitrogens is 3. The molecule has 2 saturated carbocycles. The van der Waals surface area contributed by atoms with Gasteiger partial charge in [0.25, 0.3) is 5.91 Å². The van der Waals surface area contributed by atoms with Crippen LogP contribution in [0.1, 0.15) is 72.8 Å². The Balaban J connectivity index is 1.56. The molecule has 0 spiro atoms. The highest BCUT2D eigenvalue weighted by molar-refractivity contribution is 5.93. The van der Waals surface area contributed by atoms with E-state index in [9.17, 15) is 18.0 Å². The Kier molecular flexibility index (Phi) is 5.19. The van der Waals surface area contributed by atoms with E-state index in [0.717, 1.165) is 25.7 Å². The molecule has 2 fully saturated rings. The second kappa shape index (κ2) is 7.55. The maximum Gasteiger partial charge on any atom is 0.422 e. The molecule has 2 aliphatic rings. The van der Waals surface area contributed by atoms with Crippen molar-refractivity contribution in [1.82, 2.24) is 20.5 Å². The van der Waals surface area contributed by atoms with Gasteiger partial charge in [-0.2, -0.15) is 13.2 Å². The number of hydrogen-bond donors (Lipinski definition) is 1. The summed E-state index contributed by atoms with van der Waals surface area (Å²) in [5.41, 5.74) is -0.317. The Morgan fingerprint density at radius 2 is 2.00 bits per heavy atom. The van der Waals surface area contributed by atoms with Gasteiger partial charge in [-0.05, 0) is 38.0 Å². The zero-order chi connectivity index (χ0) is 21.5. The fourth-order valence-corrected chi connectivity index (χ4v) is 3.48. The van der Waals surface area contributed by atoms with Crippen molar-refractivity contribution in [3.63, 3.8) is 0 Å². The first-order valence-corrected chi connectivity index (χ1v) is 9.95. The Labute approximate surface area is 171 Å². The average molecular weight is 424 g/mol. The summed E-state index contributed by atoms with van der Waals surface area (Å²) >= 11 is 0. The van der Waals surface area contributed by atoms with E-state index in [2.05, 4.69) is 20.5 Å². The molecule has 162 valence electrons. The van der Waals surface area contributed by atoms with Crippen molar-refractivity contribution in [2.45, 2.75) is 63.6 Å². The quantitative estimate of drug-likeness (QED) is 0.688. The third kappa shape index (κ3) is 4.91. The van der Waals surface area contributed by atoms with Crippen LogP contribution in [-0.4, -0.2) is 33.9 Å². The van der Waals surface area contributed by atoms with Gasteiger partial charge in [0.1, 0.15) is 17.0 Å². The van der Waals surface area contributed by atoms with Crippen LogP contribution in [-0.2, 0) is 5.54 Å². The minimum absolute atomic E-state index is 0.0187. The van der Waals surface area contributed by atoms with E-state index >= 15 is 0 Å². The van der Waals surface area contributed by atoms with Gasteiger partial charge in [0.05, 0.1) is 0 Å². The lowest BCUT2D eigenvalue weighted by Gasteiger charge is -2.27. The van der Waals surface area contributed by atoms with Gasteiger partial charge in [-0.1, -0.05) is 12.8 Å². The molecule has 0 aromatic carbocycles.